The van der Waals surface area contributed by atoms with Crippen LogP contribution in [0.1, 0.15) is 0 Å². The van der Waals surface area contributed by atoms with Gasteiger partial charge in [-0.05, 0) is 47.0 Å². The molecule has 0 spiro atoms. The van der Waals surface area contributed by atoms with Gasteiger partial charge in [0.2, 0.25) is 5.95 Å². The van der Waals surface area contributed by atoms with E-state index in [-0.39, 0.29) is 0 Å². The number of nitrogens with zero attached hydrogens (tertiary/aromatic N) is 6. The molecule has 304 valence electrons. The van der Waals surface area contributed by atoms with E-state index in [1.54, 1.807) is 11.3 Å². The molecule has 7 heteroatoms. The molecule has 0 atom stereocenters. The second kappa shape index (κ2) is 15.1. The number of hydrogen-bond acceptors (Lipinski definition) is 5. The lowest BCUT2D eigenvalue weighted by Gasteiger charge is -2.14. The highest BCUT2D eigenvalue weighted by Crippen LogP contribution is 2.43. The highest BCUT2D eigenvalue weighted by Gasteiger charge is 2.24. The SMILES string of the molecule is c1ccc(-c2ccc(-c3nc(-c4ccccc4)nc(-n4c5ccccc5c5ccc6c7ccccc7n(-c7ccc(-c8cccc9nc(-c%10ccccc%10)sc89)cc7)c6c54)n3)cc2)cc1. The summed E-state index contributed by atoms with van der Waals surface area (Å²) in [5.74, 6) is 1.77. The van der Waals surface area contributed by atoms with Crippen molar-refractivity contribution in [2.45, 2.75) is 0 Å². The maximum absolute atomic E-state index is 5.36. The first kappa shape index (κ1) is 37.1. The fourth-order valence-corrected chi connectivity index (χ4v) is 10.5. The standard InChI is InChI=1S/C58H36N6S/c1-4-15-37(16-5-1)38-27-29-41(30-28-38)56-60-55(40-17-6-2-7-18-40)61-58(62-56)64-51-26-13-11-22-46(51)48-36-35-47-45-21-10-12-25-50(45)63(52(47)53(48)64)43-33-31-39(32-34-43)44-23-14-24-49-54(44)65-57(59-49)42-19-8-3-9-20-42/h1-36H. The van der Waals surface area contributed by atoms with Crippen LogP contribution < -0.4 is 0 Å². The number of benzene rings is 9. The molecule has 0 unspecified atom stereocenters. The maximum Gasteiger partial charge on any atom is 0.238 e. The lowest BCUT2D eigenvalue weighted by Crippen LogP contribution is -2.07. The molecule has 0 radical (unpaired) electrons. The maximum atomic E-state index is 5.36. The molecule has 65 heavy (non-hydrogen) atoms. The minimum Gasteiger partial charge on any atom is -0.307 e. The summed E-state index contributed by atoms with van der Waals surface area (Å²) in [5.41, 5.74) is 13.9. The van der Waals surface area contributed by atoms with Crippen LogP contribution in [0.4, 0.5) is 0 Å². The van der Waals surface area contributed by atoms with Crippen molar-refractivity contribution in [3.63, 3.8) is 0 Å². The summed E-state index contributed by atoms with van der Waals surface area (Å²) in [6.07, 6.45) is 0. The quantitative estimate of drug-likeness (QED) is 0.160. The van der Waals surface area contributed by atoms with E-state index < -0.39 is 0 Å². The number of aromatic nitrogens is 6. The Kier molecular flexibility index (Phi) is 8.60. The van der Waals surface area contributed by atoms with Gasteiger partial charge in [-0.15, -0.1) is 11.3 Å². The average molecular weight is 849 g/mol. The third-order valence-electron chi connectivity index (χ3n) is 12.4. The number of para-hydroxylation sites is 2. The minimum atomic E-state index is 0.555. The van der Waals surface area contributed by atoms with Gasteiger partial charge in [-0.1, -0.05) is 188 Å². The number of thiazole rings is 1. The molecule has 0 bridgehead atoms. The van der Waals surface area contributed by atoms with Gasteiger partial charge < -0.3 is 4.57 Å². The van der Waals surface area contributed by atoms with Gasteiger partial charge in [-0.2, -0.15) is 9.97 Å². The summed E-state index contributed by atoms with van der Waals surface area (Å²) >= 11 is 1.74. The Labute approximate surface area is 378 Å². The molecule has 0 N–H and O–H groups in total. The molecule has 4 heterocycles. The van der Waals surface area contributed by atoms with Crippen LogP contribution in [0.3, 0.4) is 0 Å². The van der Waals surface area contributed by atoms with Crippen LogP contribution in [0.5, 0.6) is 0 Å². The summed E-state index contributed by atoms with van der Waals surface area (Å²) in [4.78, 5) is 20.8. The molecular weight excluding hydrogens is 813 g/mol. The average Bonchev–Trinajstić information content (AvgIpc) is 4.08. The molecule has 0 saturated heterocycles. The van der Waals surface area contributed by atoms with Gasteiger partial charge in [0.15, 0.2) is 11.6 Å². The van der Waals surface area contributed by atoms with Gasteiger partial charge in [0.05, 0.1) is 32.3 Å². The summed E-state index contributed by atoms with van der Waals surface area (Å²) in [6.45, 7) is 0. The molecule has 13 aromatic rings. The third-order valence-corrected chi connectivity index (χ3v) is 13.6. The zero-order chi connectivity index (χ0) is 42.8. The van der Waals surface area contributed by atoms with E-state index in [0.29, 0.717) is 17.6 Å². The highest BCUT2D eigenvalue weighted by atomic mass is 32.1. The van der Waals surface area contributed by atoms with E-state index in [2.05, 4.69) is 197 Å². The zero-order valence-corrected chi connectivity index (χ0v) is 35.7. The van der Waals surface area contributed by atoms with Gasteiger partial charge in [0, 0.05) is 49.5 Å². The Hall–Kier alpha value is -8.52. The fraction of sp³-hybridized carbons (Fsp3) is 0. The topological polar surface area (TPSA) is 61.4 Å². The Morgan fingerprint density at radius 3 is 1.46 bits per heavy atom. The zero-order valence-electron chi connectivity index (χ0n) is 34.9. The summed E-state index contributed by atoms with van der Waals surface area (Å²) < 4.78 is 5.85. The first-order valence-electron chi connectivity index (χ1n) is 21.7. The van der Waals surface area contributed by atoms with Crippen LogP contribution in [0.2, 0.25) is 0 Å². The monoisotopic (exact) mass is 848 g/mol. The Morgan fingerprint density at radius 2 is 0.815 bits per heavy atom. The summed E-state index contributed by atoms with van der Waals surface area (Å²) in [6, 6.07) is 76.8. The molecule has 0 aliphatic carbocycles. The first-order chi connectivity index (χ1) is 32.2. The van der Waals surface area contributed by atoms with Crippen molar-refractivity contribution < 1.29 is 0 Å². The van der Waals surface area contributed by atoms with Crippen LogP contribution >= 0.6 is 11.3 Å². The van der Waals surface area contributed by atoms with E-state index in [4.69, 9.17) is 19.9 Å². The molecule has 6 nitrogen and oxygen atoms in total. The molecule has 4 aromatic heterocycles. The molecule has 0 aliphatic heterocycles. The molecule has 0 amide bonds. The third kappa shape index (κ3) is 6.16. The Morgan fingerprint density at radius 1 is 0.323 bits per heavy atom. The van der Waals surface area contributed by atoms with E-state index in [1.165, 1.54) is 15.6 Å². The van der Waals surface area contributed by atoms with Crippen molar-refractivity contribution in [3.8, 4) is 67.2 Å². The van der Waals surface area contributed by atoms with Crippen LogP contribution in [0.15, 0.2) is 218 Å². The van der Waals surface area contributed by atoms with Crippen LogP contribution in [0, 0.1) is 0 Å². The molecule has 0 fully saturated rings. The predicted molar refractivity (Wildman–Crippen MR) is 269 cm³/mol. The van der Waals surface area contributed by atoms with Crippen molar-refractivity contribution in [3.05, 3.63) is 218 Å². The van der Waals surface area contributed by atoms with Gasteiger partial charge in [-0.25, -0.2) is 9.97 Å². The smallest absolute Gasteiger partial charge is 0.238 e. The predicted octanol–water partition coefficient (Wildman–Crippen LogP) is 15.0. The first-order valence-corrected chi connectivity index (χ1v) is 22.5. The van der Waals surface area contributed by atoms with Crippen molar-refractivity contribution in [2.24, 2.45) is 0 Å². The van der Waals surface area contributed by atoms with Crippen molar-refractivity contribution >= 4 is 65.2 Å². The van der Waals surface area contributed by atoms with Crippen LogP contribution in [-0.4, -0.2) is 29.1 Å². The summed E-state index contributed by atoms with van der Waals surface area (Å²) in [7, 11) is 0. The van der Waals surface area contributed by atoms with Gasteiger partial charge in [0.25, 0.3) is 0 Å². The lowest BCUT2D eigenvalue weighted by molar-refractivity contribution is 0.953. The lowest BCUT2D eigenvalue weighted by atomic mass is 10.0. The van der Waals surface area contributed by atoms with E-state index in [9.17, 15) is 0 Å². The van der Waals surface area contributed by atoms with Gasteiger partial charge in [0.1, 0.15) is 5.01 Å². The van der Waals surface area contributed by atoms with Crippen molar-refractivity contribution in [2.75, 3.05) is 0 Å². The second-order valence-electron chi connectivity index (χ2n) is 16.2. The van der Waals surface area contributed by atoms with E-state index in [1.807, 2.05) is 30.3 Å². The molecule has 9 aromatic carbocycles. The van der Waals surface area contributed by atoms with E-state index >= 15 is 0 Å². The Balaban J connectivity index is 1.03. The molecular formula is C58H36N6S. The minimum absolute atomic E-state index is 0.555. The van der Waals surface area contributed by atoms with Crippen LogP contribution in [0.25, 0.3) is 121 Å². The number of hydrogen-bond donors (Lipinski definition) is 0. The second-order valence-corrected chi connectivity index (χ2v) is 17.2. The molecule has 13 rings (SSSR count). The fourth-order valence-electron chi connectivity index (χ4n) is 9.40. The van der Waals surface area contributed by atoms with Gasteiger partial charge >= 0.3 is 0 Å². The van der Waals surface area contributed by atoms with Crippen LogP contribution in [-0.2, 0) is 0 Å². The number of fused-ring (bicyclic) bond motifs is 8. The Bertz CT molecular complexity index is 3910. The number of rotatable bonds is 7. The molecule has 0 saturated carbocycles. The van der Waals surface area contributed by atoms with Crippen molar-refractivity contribution in [1.29, 1.82) is 0 Å². The van der Waals surface area contributed by atoms with E-state index in [0.717, 1.165) is 87.8 Å². The normalized spacial score (nSPS) is 11.7. The summed E-state index contributed by atoms with van der Waals surface area (Å²) in [5, 5.41) is 5.59. The largest absolute Gasteiger partial charge is 0.307 e. The highest BCUT2D eigenvalue weighted by molar-refractivity contribution is 7.22. The van der Waals surface area contributed by atoms with Crippen molar-refractivity contribution in [1.82, 2.24) is 29.1 Å². The molecule has 0 aliphatic rings. The van der Waals surface area contributed by atoms with Gasteiger partial charge in [-0.3, -0.25) is 4.57 Å².